The average Bonchev–Trinajstić information content (AvgIpc) is 2.97. The molecule has 9 nitrogen and oxygen atoms in total. The van der Waals surface area contributed by atoms with Crippen LogP contribution in [0.25, 0.3) is 10.2 Å². The Hall–Kier alpha value is -2.21. The van der Waals surface area contributed by atoms with Crippen molar-refractivity contribution in [2.75, 3.05) is 20.2 Å². The molecule has 1 aromatic heterocycles. The number of nitrogens with zero attached hydrogens (tertiary/aromatic N) is 2. The second kappa shape index (κ2) is 7.57. The van der Waals surface area contributed by atoms with Crippen LogP contribution in [0.15, 0.2) is 34.4 Å². The van der Waals surface area contributed by atoms with E-state index in [4.69, 9.17) is 16.3 Å². The summed E-state index contributed by atoms with van der Waals surface area (Å²) in [6.45, 7) is 0.0920. The maximum atomic E-state index is 11.8. The molecule has 0 bridgehead atoms. The topological polar surface area (TPSA) is 141 Å². The lowest BCUT2D eigenvalue weighted by Gasteiger charge is -2.12. The molecule has 0 fully saturated rings. The third kappa shape index (κ3) is 4.41. The van der Waals surface area contributed by atoms with Crippen molar-refractivity contribution in [1.82, 2.24) is 14.7 Å². The van der Waals surface area contributed by atoms with Crippen molar-refractivity contribution in [1.29, 1.82) is 0 Å². The van der Waals surface area contributed by atoms with E-state index in [0.29, 0.717) is 27.9 Å². The molecule has 0 saturated heterocycles. The number of hydrogen-bond donors (Lipinski definition) is 3. The molecule has 0 aliphatic heterocycles. The summed E-state index contributed by atoms with van der Waals surface area (Å²) in [4.78, 5) is 14.4. The Bertz CT molecular complexity index is 862. The van der Waals surface area contributed by atoms with Crippen LogP contribution in [0.5, 0.6) is 5.75 Å². The van der Waals surface area contributed by atoms with Gasteiger partial charge in [-0.3, -0.25) is 0 Å². The zero-order chi connectivity index (χ0) is 17.7. The standard InChI is InChI=1S/C13H17N5O4S2/c1-16-24(20,21)13-17-11-3-2-10(6-12(11)23-13)22-8-9(14)7-18(15)4-5-19/h2-3,5-7,16H,4,8,14-15H2,1H3/b9-7-. The number of fused-ring (bicyclic) bond motifs is 1. The van der Waals surface area contributed by atoms with E-state index in [0.717, 1.165) is 16.3 Å². The number of rotatable bonds is 8. The fraction of sp³-hybridized carbons (Fsp3) is 0.231. The molecule has 5 N–H and O–H groups in total. The van der Waals surface area contributed by atoms with Gasteiger partial charge in [0.2, 0.25) is 4.34 Å². The van der Waals surface area contributed by atoms with Crippen molar-refractivity contribution >= 4 is 37.9 Å². The van der Waals surface area contributed by atoms with Crippen LogP contribution in [0.1, 0.15) is 0 Å². The summed E-state index contributed by atoms with van der Waals surface area (Å²) in [5.74, 6) is 6.02. The fourth-order valence-corrected chi connectivity index (χ4v) is 3.81. The summed E-state index contributed by atoms with van der Waals surface area (Å²) >= 11 is 1.04. The van der Waals surface area contributed by atoms with Gasteiger partial charge in [-0.1, -0.05) is 0 Å². The molecule has 0 aliphatic carbocycles. The van der Waals surface area contributed by atoms with Crippen LogP contribution in [0.3, 0.4) is 0 Å². The number of nitrogens with two attached hydrogens (primary N) is 2. The van der Waals surface area contributed by atoms with Gasteiger partial charge in [-0.05, 0) is 25.2 Å². The van der Waals surface area contributed by atoms with E-state index in [-0.39, 0.29) is 17.5 Å². The molecule has 130 valence electrons. The lowest BCUT2D eigenvalue weighted by Crippen LogP contribution is -2.29. The lowest BCUT2D eigenvalue weighted by molar-refractivity contribution is -0.108. The van der Waals surface area contributed by atoms with Gasteiger partial charge in [-0.25, -0.2) is 24.0 Å². The highest BCUT2D eigenvalue weighted by Gasteiger charge is 2.17. The number of ether oxygens (including phenoxy) is 1. The smallest absolute Gasteiger partial charge is 0.267 e. The van der Waals surface area contributed by atoms with Crippen LogP contribution < -0.4 is 21.0 Å². The number of hydrogen-bond acceptors (Lipinski definition) is 9. The maximum Gasteiger partial charge on any atom is 0.267 e. The Kier molecular flexibility index (Phi) is 5.72. The number of thiazole rings is 1. The Morgan fingerprint density at radius 1 is 1.50 bits per heavy atom. The van der Waals surface area contributed by atoms with Gasteiger partial charge in [0.05, 0.1) is 22.5 Å². The van der Waals surface area contributed by atoms with Gasteiger partial charge in [0.1, 0.15) is 18.6 Å². The normalized spacial score (nSPS) is 12.3. The lowest BCUT2D eigenvalue weighted by atomic mass is 10.3. The predicted octanol–water partition coefficient (Wildman–Crippen LogP) is -0.242. The molecule has 1 aromatic carbocycles. The van der Waals surface area contributed by atoms with Crippen molar-refractivity contribution in [2.45, 2.75) is 4.34 Å². The molecule has 0 unspecified atom stereocenters. The zero-order valence-corrected chi connectivity index (χ0v) is 14.4. The molecule has 0 amide bonds. The van der Waals surface area contributed by atoms with Gasteiger partial charge in [0.25, 0.3) is 10.0 Å². The number of hydrazine groups is 1. The van der Waals surface area contributed by atoms with Crippen LogP contribution in [-0.2, 0) is 14.8 Å². The maximum absolute atomic E-state index is 11.8. The van der Waals surface area contributed by atoms with Gasteiger partial charge in [0.15, 0.2) is 0 Å². The van der Waals surface area contributed by atoms with Crippen molar-refractivity contribution < 1.29 is 17.9 Å². The second-order valence-corrected chi connectivity index (χ2v) is 7.76. The van der Waals surface area contributed by atoms with Crippen molar-refractivity contribution in [2.24, 2.45) is 11.6 Å². The van der Waals surface area contributed by atoms with Crippen molar-refractivity contribution in [3.63, 3.8) is 0 Å². The predicted molar refractivity (Wildman–Crippen MR) is 90.6 cm³/mol. The van der Waals surface area contributed by atoms with Gasteiger partial charge in [-0.2, -0.15) is 0 Å². The molecule has 11 heteroatoms. The minimum absolute atomic E-state index is 0.0100. The number of carbonyl (C=O) groups is 1. The Morgan fingerprint density at radius 3 is 2.92 bits per heavy atom. The zero-order valence-electron chi connectivity index (χ0n) is 12.8. The number of benzene rings is 1. The molecular weight excluding hydrogens is 354 g/mol. The minimum atomic E-state index is -3.58. The summed E-state index contributed by atoms with van der Waals surface area (Å²) in [6.07, 6.45) is 2.05. The van der Waals surface area contributed by atoms with Crippen LogP contribution >= 0.6 is 11.3 Å². The largest absolute Gasteiger partial charge is 0.487 e. The van der Waals surface area contributed by atoms with Crippen LogP contribution in [0.4, 0.5) is 0 Å². The van der Waals surface area contributed by atoms with Gasteiger partial charge < -0.3 is 20.3 Å². The summed E-state index contributed by atoms with van der Waals surface area (Å²) in [5, 5.41) is 1.15. The monoisotopic (exact) mass is 371 g/mol. The number of nitrogens with one attached hydrogen (secondary N) is 1. The van der Waals surface area contributed by atoms with Crippen LogP contribution in [-0.4, -0.2) is 44.9 Å². The molecule has 0 atom stereocenters. The number of aromatic nitrogens is 1. The first-order valence-corrected chi connectivity index (χ1v) is 9.04. The van der Waals surface area contributed by atoms with Gasteiger partial charge in [-0.15, -0.1) is 11.3 Å². The molecule has 2 rings (SSSR count). The summed E-state index contributed by atoms with van der Waals surface area (Å²) in [5.41, 5.74) is 6.64. The first-order valence-electron chi connectivity index (χ1n) is 6.74. The molecule has 1 heterocycles. The van der Waals surface area contributed by atoms with E-state index in [9.17, 15) is 13.2 Å². The minimum Gasteiger partial charge on any atom is -0.487 e. The Labute approximate surface area is 142 Å². The molecule has 0 saturated carbocycles. The Balaban J connectivity index is 2.12. The quantitative estimate of drug-likeness (QED) is 0.328. The van der Waals surface area contributed by atoms with Crippen molar-refractivity contribution in [3.8, 4) is 5.75 Å². The third-order valence-electron chi connectivity index (χ3n) is 2.86. The van der Waals surface area contributed by atoms with E-state index in [2.05, 4.69) is 9.71 Å². The van der Waals surface area contributed by atoms with Gasteiger partial charge >= 0.3 is 0 Å². The summed E-state index contributed by atoms with van der Waals surface area (Å²) in [6, 6.07) is 5.01. The number of carbonyl (C=O) groups excluding carboxylic acids is 1. The summed E-state index contributed by atoms with van der Waals surface area (Å²) in [7, 11) is -2.25. The summed E-state index contributed by atoms with van der Waals surface area (Å²) < 4.78 is 31.9. The average molecular weight is 371 g/mol. The fourth-order valence-electron chi connectivity index (χ4n) is 1.73. The van der Waals surface area contributed by atoms with E-state index in [1.54, 1.807) is 18.2 Å². The molecule has 2 aromatic rings. The Morgan fingerprint density at radius 2 is 2.25 bits per heavy atom. The third-order valence-corrected chi connectivity index (χ3v) is 5.67. The SMILES string of the molecule is CNS(=O)(=O)c1nc2ccc(OC/C(N)=C/N(N)CC=O)cc2s1. The number of sulfonamides is 1. The van der Waals surface area contributed by atoms with Crippen LogP contribution in [0.2, 0.25) is 0 Å². The first kappa shape index (κ1) is 18.1. The molecular formula is C13H17N5O4S2. The molecule has 0 aliphatic rings. The highest BCUT2D eigenvalue weighted by molar-refractivity contribution is 7.91. The molecule has 0 spiro atoms. The highest BCUT2D eigenvalue weighted by Crippen LogP contribution is 2.28. The molecule has 24 heavy (non-hydrogen) atoms. The second-order valence-electron chi connectivity index (χ2n) is 4.67. The first-order chi connectivity index (χ1) is 11.4. The molecule has 0 radical (unpaired) electrons. The van der Waals surface area contributed by atoms with Crippen LogP contribution in [0, 0.1) is 0 Å². The highest BCUT2D eigenvalue weighted by atomic mass is 32.2. The van der Waals surface area contributed by atoms with E-state index in [1.807, 2.05) is 0 Å². The van der Waals surface area contributed by atoms with Crippen molar-refractivity contribution in [3.05, 3.63) is 30.1 Å². The van der Waals surface area contributed by atoms with E-state index < -0.39 is 10.0 Å². The number of aldehydes is 1. The van der Waals surface area contributed by atoms with E-state index in [1.165, 1.54) is 13.2 Å². The van der Waals surface area contributed by atoms with Gasteiger partial charge in [0, 0.05) is 6.20 Å². The van der Waals surface area contributed by atoms with E-state index >= 15 is 0 Å².